The molecule has 1 unspecified atom stereocenters. The van der Waals surface area contributed by atoms with Crippen LogP contribution in [-0.2, 0) is 6.42 Å². The molecular formula is C11H14FNO2. The SMILES string of the molecule is CCCC(O)c1nc2c(cc1F)CCO2. The standard InChI is InChI=1S/C11H14FNO2/c1-2-3-9(14)10-8(12)6-7-4-5-15-11(7)13-10/h6,9,14H,2-5H2,1H3. The molecule has 1 N–H and O–H groups in total. The normalized spacial score (nSPS) is 15.9. The minimum absolute atomic E-state index is 0.109. The second kappa shape index (κ2) is 4.14. The van der Waals surface area contributed by atoms with E-state index in [1.807, 2.05) is 6.92 Å². The van der Waals surface area contributed by atoms with Gasteiger partial charge in [-0.05, 0) is 12.5 Å². The van der Waals surface area contributed by atoms with Crippen LogP contribution in [-0.4, -0.2) is 16.7 Å². The quantitative estimate of drug-likeness (QED) is 0.831. The first-order valence-corrected chi connectivity index (χ1v) is 5.22. The van der Waals surface area contributed by atoms with Crippen molar-refractivity contribution in [3.8, 4) is 5.88 Å². The topological polar surface area (TPSA) is 42.4 Å². The molecule has 1 aromatic rings. The highest BCUT2D eigenvalue weighted by molar-refractivity contribution is 5.33. The van der Waals surface area contributed by atoms with Gasteiger partial charge in [-0.25, -0.2) is 9.37 Å². The van der Waals surface area contributed by atoms with Gasteiger partial charge in [-0.15, -0.1) is 0 Å². The van der Waals surface area contributed by atoms with E-state index in [1.165, 1.54) is 6.07 Å². The molecule has 1 aliphatic rings. The summed E-state index contributed by atoms with van der Waals surface area (Å²) < 4.78 is 18.8. The van der Waals surface area contributed by atoms with Gasteiger partial charge in [-0.2, -0.15) is 0 Å². The smallest absolute Gasteiger partial charge is 0.217 e. The number of aromatic nitrogens is 1. The number of aliphatic hydroxyl groups is 1. The largest absolute Gasteiger partial charge is 0.477 e. The average Bonchev–Trinajstić information content (AvgIpc) is 2.63. The van der Waals surface area contributed by atoms with Crippen molar-refractivity contribution in [2.45, 2.75) is 32.3 Å². The van der Waals surface area contributed by atoms with Crippen molar-refractivity contribution in [1.82, 2.24) is 4.98 Å². The monoisotopic (exact) mass is 211 g/mol. The molecule has 0 saturated carbocycles. The summed E-state index contributed by atoms with van der Waals surface area (Å²) >= 11 is 0. The molecule has 1 atom stereocenters. The van der Waals surface area contributed by atoms with Crippen LogP contribution in [0.3, 0.4) is 0 Å². The third-order valence-corrected chi connectivity index (χ3v) is 2.53. The lowest BCUT2D eigenvalue weighted by Crippen LogP contribution is -2.04. The molecule has 82 valence electrons. The van der Waals surface area contributed by atoms with Gasteiger partial charge in [0.1, 0.15) is 11.5 Å². The van der Waals surface area contributed by atoms with Crippen molar-refractivity contribution in [2.24, 2.45) is 0 Å². The fourth-order valence-corrected chi connectivity index (χ4v) is 1.73. The lowest BCUT2D eigenvalue weighted by Gasteiger charge is -2.10. The lowest BCUT2D eigenvalue weighted by molar-refractivity contribution is 0.155. The highest BCUT2D eigenvalue weighted by Gasteiger charge is 2.21. The first kappa shape index (κ1) is 10.4. The summed E-state index contributed by atoms with van der Waals surface area (Å²) in [5.74, 6) is 0.0433. The molecule has 1 aromatic heterocycles. The van der Waals surface area contributed by atoms with Gasteiger partial charge in [0, 0.05) is 12.0 Å². The molecular weight excluding hydrogens is 197 g/mol. The van der Waals surface area contributed by atoms with E-state index in [-0.39, 0.29) is 5.69 Å². The Kier molecular flexibility index (Phi) is 2.86. The van der Waals surface area contributed by atoms with Crippen LogP contribution in [0.25, 0.3) is 0 Å². The van der Waals surface area contributed by atoms with E-state index < -0.39 is 11.9 Å². The average molecular weight is 211 g/mol. The molecule has 1 aliphatic heterocycles. The molecule has 3 nitrogen and oxygen atoms in total. The Hall–Kier alpha value is -1.16. The molecule has 2 rings (SSSR count). The van der Waals surface area contributed by atoms with Crippen LogP contribution in [0.4, 0.5) is 4.39 Å². The fraction of sp³-hybridized carbons (Fsp3) is 0.545. The van der Waals surface area contributed by atoms with Crippen LogP contribution in [0, 0.1) is 5.82 Å². The maximum Gasteiger partial charge on any atom is 0.217 e. The van der Waals surface area contributed by atoms with Gasteiger partial charge < -0.3 is 9.84 Å². The van der Waals surface area contributed by atoms with Crippen molar-refractivity contribution >= 4 is 0 Å². The van der Waals surface area contributed by atoms with Gasteiger partial charge in [0.05, 0.1) is 12.7 Å². The molecule has 0 saturated heterocycles. The minimum atomic E-state index is -0.829. The Balaban J connectivity index is 2.31. The van der Waals surface area contributed by atoms with Crippen LogP contribution in [0.15, 0.2) is 6.07 Å². The molecule has 0 amide bonds. The third kappa shape index (κ3) is 1.95. The van der Waals surface area contributed by atoms with E-state index in [0.29, 0.717) is 25.3 Å². The maximum absolute atomic E-state index is 13.5. The summed E-state index contributed by atoms with van der Waals surface area (Å²) in [6, 6.07) is 1.42. The summed E-state index contributed by atoms with van der Waals surface area (Å²) in [7, 11) is 0. The molecule has 15 heavy (non-hydrogen) atoms. The summed E-state index contributed by atoms with van der Waals surface area (Å²) in [6.45, 7) is 2.49. The molecule has 0 spiro atoms. The molecule has 2 heterocycles. The van der Waals surface area contributed by atoms with E-state index in [0.717, 1.165) is 12.0 Å². The zero-order valence-electron chi connectivity index (χ0n) is 8.66. The van der Waals surface area contributed by atoms with E-state index >= 15 is 0 Å². The third-order valence-electron chi connectivity index (χ3n) is 2.53. The van der Waals surface area contributed by atoms with Crippen molar-refractivity contribution in [3.05, 3.63) is 23.1 Å². The zero-order chi connectivity index (χ0) is 10.8. The van der Waals surface area contributed by atoms with Crippen molar-refractivity contribution in [2.75, 3.05) is 6.61 Å². The van der Waals surface area contributed by atoms with Gasteiger partial charge in [-0.1, -0.05) is 13.3 Å². The number of nitrogens with zero attached hydrogens (tertiary/aromatic N) is 1. The predicted molar refractivity (Wildman–Crippen MR) is 53.3 cm³/mol. The summed E-state index contributed by atoms with van der Waals surface area (Å²) in [6.07, 6.45) is 1.18. The number of fused-ring (bicyclic) bond motifs is 1. The number of hydrogen-bond acceptors (Lipinski definition) is 3. The van der Waals surface area contributed by atoms with Crippen LogP contribution in [0.1, 0.15) is 37.1 Å². The van der Waals surface area contributed by atoms with E-state index in [2.05, 4.69) is 4.98 Å². The first-order chi connectivity index (χ1) is 7.22. The molecule has 0 aliphatic carbocycles. The number of hydrogen-bond donors (Lipinski definition) is 1. The molecule has 0 radical (unpaired) electrons. The second-order valence-corrected chi connectivity index (χ2v) is 3.72. The van der Waals surface area contributed by atoms with Gasteiger partial charge in [-0.3, -0.25) is 0 Å². The summed E-state index contributed by atoms with van der Waals surface area (Å²) in [5.41, 5.74) is 0.900. The molecule has 0 fully saturated rings. The van der Waals surface area contributed by atoms with Crippen molar-refractivity contribution < 1.29 is 14.2 Å². The van der Waals surface area contributed by atoms with E-state index in [1.54, 1.807) is 0 Å². The number of rotatable bonds is 3. The summed E-state index contributed by atoms with van der Waals surface area (Å²) in [5, 5.41) is 9.67. The fourth-order valence-electron chi connectivity index (χ4n) is 1.73. The van der Waals surface area contributed by atoms with Gasteiger partial charge in [0.2, 0.25) is 5.88 Å². The van der Waals surface area contributed by atoms with Crippen LogP contribution in [0.5, 0.6) is 5.88 Å². The van der Waals surface area contributed by atoms with Crippen molar-refractivity contribution in [3.63, 3.8) is 0 Å². The Bertz CT molecular complexity index is 368. The number of aliphatic hydroxyl groups excluding tert-OH is 1. The second-order valence-electron chi connectivity index (χ2n) is 3.72. The molecule has 4 heteroatoms. The van der Waals surface area contributed by atoms with Crippen LogP contribution in [0.2, 0.25) is 0 Å². The van der Waals surface area contributed by atoms with E-state index in [4.69, 9.17) is 4.74 Å². The van der Waals surface area contributed by atoms with Crippen LogP contribution >= 0.6 is 0 Å². The highest BCUT2D eigenvalue weighted by atomic mass is 19.1. The Morgan fingerprint density at radius 2 is 2.47 bits per heavy atom. The number of ether oxygens (including phenoxy) is 1. The number of halogens is 1. The Morgan fingerprint density at radius 1 is 1.67 bits per heavy atom. The first-order valence-electron chi connectivity index (χ1n) is 5.22. The van der Waals surface area contributed by atoms with E-state index in [9.17, 15) is 9.50 Å². The minimum Gasteiger partial charge on any atom is -0.477 e. The summed E-state index contributed by atoms with van der Waals surface area (Å²) in [4.78, 5) is 4.02. The molecule has 0 aromatic carbocycles. The molecule has 0 bridgehead atoms. The van der Waals surface area contributed by atoms with Crippen molar-refractivity contribution in [1.29, 1.82) is 0 Å². The Morgan fingerprint density at radius 3 is 3.20 bits per heavy atom. The maximum atomic E-state index is 13.5. The predicted octanol–water partition coefficient (Wildman–Crippen LogP) is 1.99. The van der Waals surface area contributed by atoms with Gasteiger partial charge in [0.15, 0.2) is 0 Å². The number of pyridine rings is 1. The van der Waals surface area contributed by atoms with Crippen LogP contribution < -0.4 is 4.74 Å². The Labute approximate surface area is 87.9 Å². The highest BCUT2D eigenvalue weighted by Crippen LogP contribution is 2.28. The van der Waals surface area contributed by atoms with Gasteiger partial charge in [0.25, 0.3) is 0 Å². The zero-order valence-corrected chi connectivity index (χ0v) is 8.66. The van der Waals surface area contributed by atoms with Gasteiger partial charge >= 0.3 is 0 Å². The lowest BCUT2D eigenvalue weighted by atomic mass is 10.1.